The fourth-order valence-electron chi connectivity index (χ4n) is 1.33. The summed E-state index contributed by atoms with van der Waals surface area (Å²) in [7, 11) is 0. The zero-order valence-corrected chi connectivity index (χ0v) is 9.11. The molecule has 1 heterocycles. The maximum absolute atomic E-state index is 11.6. The van der Waals surface area contributed by atoms with Gasteiger partial charge in [0, 0.05) is 0 Å². The van der Waals surface area contributed by atoms with Crippen LogP contribution in [0.1, 0.15) is 13.3 Å². The molecule has 0 aromatic heterocycles. The Balaban J connectivity index is 2.74. The highest BCUT2D eigenvalue weighted by Crippen LogP contribution is 2.17. The van der Waals surface area contributed by atoms with Crippen LogP contribution in [0.2, 0.25) is 0 Å². The van der Waals surface area contributed by atoms with E-state index in [0.29, 0.717) is 6.42 Å². The minimum atomic E-state index is -1.13. The molecule has 3 amide bonds. The maximum Gasteiger partial charge on any atom is 0.328 e. The van der Waals surface area contributed by atoms with Gasteiger partial charge in [0.15, 0.2) is 0 Å². The van der Waals surface area contributed by atoms with Crippen LogP contribution in [-0.4, -0.2) is 51.3 Å². The van der Waals surface area contributed by atoms with Crippen LogP contribution < -0.4 is 0 Å². The lowest BCUT2D eigenvalue weighted by Crippen LogP contribution is -2.39. The van der Waals surface area contributed by atoms with E-state index < -0.39 is 29.8 Å². The number of carboxylic acid groups (broad SMARTS) is 1. The summed E-state index contributed by atoms with van der Waals surface area (Å²) in [5, 5.41) is 8.03. The fourth-order valence-corrected chi connectivity index (χ4v) is 1.56. The lowest BCUT2D eigenvalue weighted by Gasteiger charge is -2.20. The van der Waals surface area contributed by atoms with Gasteiger partial charge >= 0.3 is 12.0 Å². The van der Waals surface area contributed by atoms with Gasteiger partial charge in [-0.15, -0.1) is 0 Å². The second-order valence-electron chi connectivity index (χ2n) is 3.18. The summed E-state index contributed by atoms with van der Waals surface area (Å²) in [5.74, 6) is -1.53. The van der Waals surface area contributed by atoms with Gasteiger partial charge < -0.3 is 10.0 Å². The minimum absolute atomic E-state index is 0.178. The number of nitrogens with zero attached hydrogens (tertiary/aromatic N) is 2. The molecule has 1 rings (SSSR count). The summed E-state index contributed by atoms with van der Waals surface area (Å²) >= 11 is 4.09. The molecule has 0 bridgehead atoms. The first-order valence-electron chi connectivity index (χ1n) is 4.48. The molecule has 0 aromatic carbocycles. The number of aliphatic carboxylic acids is 1. The van der Waals surface area contributed by atoms with Crippen LogP contribution in [0.5, 0.6) is 0 Å². The van der Waals surface area contributed by atoms with Gasteiger partial charge in [0.05, 0.1) is 5.37 Å². The van der Waals surface area contributed by atoms with Crippen molar-refractivity contribution in [3.8, 4) is 0 Å². The molecule has 0 aromatic rings. The van der Waals surface area contributed by atoms with Crippen molar-refractivity contribution in [3.63, 3.8) is 0 Å². The SMILES string of the molecule is CCC(S)N1C(=O)CN(CC(=O)O)C1=O. The van der Waals surface area contributed by atoms with Gasteiger partial charge in [-0.05, 0) is 6.42 Å². The number of imide groups is 1. The fraction of sp³-hybridized carbons (Fsp3) is 0.625. The Morgan fingerprint density at radius 1 is 1.60 bits per heavy atom. The molecule has 1 aliphatic heterocycles. The third-order valence-electron chi connectivity index (χ3n) is 2.06. The van der Waals surface area contributed by atoms with Crippen molar-refractivity contribution >= 4 is 30.5 Å². The van der Waals surface area contributed by atoms with E-state index in [0.717, 1.165) is 9.80 Å². The second kappa shape index (κ2) is 4.52. The number of hydrogen-bond acceptors (Lipinski definition) is 4. The number of hydrogen-bond donors (Lipinski definition) is 2. The van der Waals surface area contributed by atoms with Crippen LogP contribution >= 0.6 is 12.6 Å². The molecule has 1 fully saturated rings. The van der Waals surface area contributed by atoms with Gasteiger partial charge in [0.25, 0.3) is 5.91 Å². The number of rotatable bonds is 4. The predicted molar refractivity (Wildman–Crippen MR) is 54.5 cm³/mol. The number of carboxylic acids is 1. The summed E-state index contributed by atoms with van der Waals surface area (Å²) in [4.78, 5) is 35.4. The Morgan fingerprint density at radius 3 is 2.67 bits per heavy atom. The van der Waals surface area contributed by atoms with Crippen LogP contribution in [-0.2, 0) is 9.59 Å². The molecule has 0 spiro atoms. The van der Waals surface area contributed by atoms with Crippen LogP contribution in [0.3, 0.4) is 0 Å². The molecular weight excluding hydrogens is 220 g/mol. The van der Waals surface area contributed by atoms with E-state index in [1.807, 2.05) is 0 Å². The first-order chi connectivity index (χ1) is 6.97. The largest absolute Gasteiger partial charge is 0.480 e. The van der Waals surface area contributed by atoms with Gasteiger partial charge in [-0.3, -0.25) is 14.5 Å². The summed E-state index contributed by atoms with van der Waals surface area (Å²) < 4.78 is 0. The Morgan fingerprint density at radius 2 is 2.20 bits per heavy atom. The number of thiol groups is 1. The standard InChI is InChI=1S/C8H12N2O4S/c1-2-6(15)10-5(11)3-9(8(10)14)4-7(12)13/h6,15H,2-4H2,1H3,(H,12,13). The minimum Gasteiger partial charge on any atom is -0.480 e. The lowest BCUT2D eigenvalue weighted by molar-refractivity contribution is -0.137. The molecule has 1 N–H and O–H groups in total. The van der Waals surface area contributed by atoms with E-state index in [1.165, 1.54) is 0 Å². The third kappa shape index (κ3) is 2.41. The molecule has 15 heavy (non-hydrogen) atoms. The zero-order valence-electron chi connectivity index (χ0n) is 8.21. The van der Waals surface area contributed by atoms with Gasteiger partial charge in [0.2, 0.25) is 0 Å². The average Bonchev–Trinajstić information content (AvgIpc) is 2.40. The molecular formula is C8H12N2O4S. The van der Waals surface area contributed by atoms with E-state index in [4.69, 9.17) is 5.11 Å². The van der Waals surface area contributed by atoms with Gasteiger partial charge in [0.1, 0.15) is 13.1 Å². The number of carbonyl (C=O) groups excluding carboxylic acids is 2. The molecule has 6 nitrogen and oxygen atoms in total. The lowest BCUT2D eigenvalue weighted by atomic mass is 10.4. The summed E-state index contributed by atoms with van der Waals surface area (Å²) in [5.41, 5.74) is 0. The Hall–Kier alpha value is -1.24. The first-order valence-corrected chi connectivity index (χ1v) is 4.99. The van der Waals surface area contributed by atoms with E-state index in [-0.39, 0.29) is 6.54 Å². The van der Waals surface area contributed by atoms with Crippen molar-refractivity contribution in [3.05, 3.63) is 0 Å². The van der Waals surface area contributed by atoms with Gasteiger partial charge in [-0.25, -0.2) is 4.79 Å². The van der Waals surface area contributed by atoms with Gasteiger partial charge in [-0.2, -0.15) is 12.6 Å². The van der Waals surface area contributed by atoms with Crippen LogP contribution in [0, 0.1) is 0 Å². The van der Waals surface area contributed by atoms with E-state index >= 15 is 0 Å². The highest BCUT2D eigenvalue weighted by molar-refractivity contribution is 7.80. The Bertz CT molecular complexity index is 307. The number of urea groups is 1. The molecule has 0 saturated carbocycles. The molecule has 1 aliphatic rings. The normalized spacial score (nSPS) is 18.5. The summed E-state index contributed by atoms with van der Waals surface area (Å²) in [6.07, 6.45) is 0.529. The van der Waals surface area contributed by atoms with E-state index in [2.05, 4.69) is 12.6 Å². The second-order valence-corrected chi connectivity index (χ2v) is 3.78. The molecule has 0 aliphatic carbocycles. The van der Waals surface area contributed by atoms with Crippen molar-refractivity contribution in [1.29, 1.82) is 0 Å². The summed E-state index contributed by atoms with van der Waals surface area (Å²) in [6, 6.07) is -0.579. The Kier molecular flexibility index (Phi) is 3.57. The highest BCUT2D eigenvalue weighted by Gasteiger charge is 2.39. The van der Waals surface area contributed by atoms with Crippen molar-refractivity contribution in [2.24, 2.45) is 0 Å². The molecule has 84 valence electrons. The van der Waals surface area contributed by atoms with Gasteiger partial charge in [-0.1, -0.05) is 6.92 Å². The zero-order chi connectivity index (χ0) is 11.6. The van der Waals surface area contributed by atoms with Crippen LogP contribution in [0.4, 0.5) is 4.79 Å². The summed E-state index contributed by atoms with van der Waals surface area (Å²) in [6.45, 7) is 1.16. The number of carbonyl (C=O) groups is 3. The van der Waals surface area contributed by atoms with Crippen LogP contribution in [0.25, 0.3) is 0 Å². The highest BCUT2D eigenvalue weighted by atomic mass is 32.1. The molecule has 0 radical (unpaired) electrons. The van der Waals surface area contributed by atoms with E-state index in [9.17, 15) is 14.4 Å². The van der Waals surface area contributed by atoms with Crippen molar-refractivity contribution in [1.82, 2.24) is 9.80 Å². The first kappa shape index (κ1) is 11.8. The Labute approximate surface area is 92.2 Å². The third-order valence-corrected chi connectivity index (χ3v) is 2.66. The van der Waals surface area contributed by atoms with Crippen molar-refractivity contribution in [2.75, 3.05) is 13.1 Å². The van der Waals surface area contributed by atoms with E-state index in [1.54, 1.807) is 6.92 Å². The molecule has 7 heteroatoms. The van der Waals surface area contributed by atoms with Crippen molar-refractivity contribution in [2.45, 2.75) is 18.7 Å². The molecule has 1 saturated heterocycles. The quantitative estimate of drug-likeness (QED) is 0.528. The van der Waals surface area contributed by atoms with Crippen LogP contribution in [0.15, 0.2) is 0 Å². The monoisotopic (exact) mass is 232 g/mol. The molecule has 1 unspecified atom stereocenters. The average molecular weight is 232 g/mol. The smallest absolute Gasteiger partial charge is 0.328 e. The maximum atomic E-state index is 11.6. The topological polar surface area (TPSA) is 77.9 Å². The number of amides is 3. The molecule has 1 atom stereocenters. The van der Waals surface area contributed by atoms with Crippen molar-refractivity contribution < 1.29 is 19.5 Å². The predicted octanol–water partition coefficient (Wildman–Crippen LogP) is 0.00110.